The van der Waals surface area contributed by atoms with Gasteiger partial charge in [-0.15, -0.1) is 0 Å². The quantitative estimate of drug-likeness (QED) is 0.546. The Bertz CT molecular complexity index is 1190. The number of rotatable bonds is 7. The number of ether oxygens (including phenoxy) is 1. The lowest BCUT2D eigenvalue weighted by molar-refractivity contribution is 0.0722. The van der Waals surface area contributed by atoms with Gasteiger partial charge in [-0.1, -0.05) is 23.7 Å². The van der Waals surface area contributed by atoms with Crippen LogP contribution in [0.3, 0.4) is 0 Å². The van der Waals surface area contributed by atoms with Crippen LogP contribution in [0.4, 0.5) is 0 Å². The summed E-state index contributed by atoms with van der Waals surface area (Å²) in [6.45, 7) is 3.70. The average Bonchev–Trinajstić information content (AvgIpc) is 3.00. The van der Waals surface area contributed by atoms with E-state index in [1.807, 2.05) is 33.2 Å². The molecular formula is C24H25ClN2O4. The zero-order valence-electron chi connectivity index (χ0n) is 17.9. The van der Waals surface area contributed by atoms with Crippen molar-refractivity contribution >= 4 is 28.5 Å². The van der Waals surface area contributed by atoms with Gasteiger partial charge in [0.05, 0.1) is 23.6 Å². The number of nitrogens with zero attached hydrogens (tertiary/aromatic N) is 2. The van der Waals surface area contributed by atoms with Crippen LogP contribution in [0, 0.1) is 0 Å². The minimum atomic E-state index is -0.532. The summed E-state index contributed by atoms with van der Waals surface area (Å²) < 4.78 is 11.5. The Kier molecular flexibility index (Phi) is 6.03. The number of amides is 1. The molecule has 0 radical (unpaired) electrons. The fourth-order valence-corrected chi connectivity index (χ4v) is 4.26. The topological polar surface area (TPSA) is 63.0 Å². The second-order valence-corrected chi connectivity index (χ2v) is 8.31. The van der Waals surface area contributed by atoms with Gasteiger partial charge in [0, 0.05) is 17.6 Å². The van der Waals surface area contributed by atoms with Gasteiger partial charge in [-0.25, -0.2) is 0 Å². The van der Waals surface area contributed by atoms with E-state index in [1.54, 1.807) is 35.2 Å². The summed E-state index contributed by atoms with van der Waals surface area (Å²) in [5.41, 5.74) is 1.31. The number of benzene rings is 2. The van der Waals surface area contributed by atoms with E-state index in [0.29, 0.717) is 40.5 Å². The molecule has 0 saturated heterocycles. The van der Waals surface area contributed by atoms with Crippen molar-refractivity contribution in [2.75, 3.05) is 33.8 Å². The molecule has 4 rings (SSSR count). The van der Waals surface area contributed by atoms with Crippen LogP contribution in [-0.2, 0) is 0 Å². The lowest BCUT2D eigenvalue weighted by Crippen LogP contribution is -2.32. The fourth-order valence-electron chi connectivity index (χ4n) is 4.07. The summed E-state index contributed by atoms with van der Waals surface area (Å²) in [6, 6.07) is 11.9. The van der Waals surface area contributed by atoms with Crippen molar-refractivity contribution in [2.45, 2.75) is 19.4 Å². The lowest BCUT2D eigenvalue weighted by atomic mass is 9.98. The highest BCUT2D eigenvalue weighted by molar-refractivity contribution is 6.30. The van der Waals surface area contributed by atoms with Gasteiger partial charge < -0.3 is 19.0 Å². The smallest absolute Gasteiger partial charge is 0.290 e. The normalized spacial score (nSPS) is 15.7. The molecule has 2 heterocycles. The second kappa shape index (κ2) is 8.73. The van der Waals surface area contributed by atoms with E-state index in [9.17, 15) is 9.59 Å². The molecule has 7 heteroatoms. The maximum absolute atomic E-state index is 13.5. The standard InChI is InChI=1S/C24H25ClN2O4/c1-4-30-17-9-10-18-19(14-17)31-23-20(22(18)28)21(15-7-5-8-16(25)13-15)27(24(23)29)12-6-11-26(2)3/h5,7-10,13-14,21H,4,6,11-12H2,1-3H3. The minimum absolute atomic E-state index is 0.0981. The Balaban J connectivity index is 1.86. The highest BCUT2D eigenvalue weighted by Crippen LogP contribution is 2.39. The molecule has 1 aromatic heterocycles. The highest BCUT2D eigenvalue weighted by atomic mass is 35.5. The van der Waals surface area contributed by atoms with Gasteiger partial charge in [0.2, 0.25) is 5.76 Å². The van der Waals surface area contributed by atoms with Gasteiger partial charge in [0.25, 0.3) is 5.91 Å². The van der Waals surface area contributed by atoms with E-state index in [4.69, 9.17) is 20.8 Å². The molecule has 0 fully saturated rings. The van der Waals surface area contributed by atoms with Gasteiger partial charge in [-0.3, -0.25) is 9.59 Å². The van der Waals surface area contributed by atoms with Crippen LogP contribution in [0.1, 0.15) is 41.1 Å². The molecule has 1 aliphatic heterocycles. The van der Waals surface area contributed by atoms with E-state index in [2.05, 4.69) is 4.90 Å². The van der Waals surface area contributed by atoms with E-state index in [0.717, 1.165) is 18.5 Å². The van der Waals surface area contributed by atoms with Gasteiger partial charge >= 0.3 is 0 Å². The zero-order valence-corrected chi connectivity index (χ0v) is 18.6. The Morgan fingerprint density at radius 1 is 1.16 bits per heavy atom. The Hall–Kier alpha value is -2.83. The first-order valence-electron chi connectivity index (χ1n) is 10.4. The van der Waals surface area contributed by atoms with Gasteiger partial charge in [0.15, 0.2) is 5.43 Å². The maximum atomic E-state index is 13.5. The van der Waals surface area contributed by atoms with Gasteiger partial charge in [-0.2, -0.15) is 0 Å². The molecule has 0 aliphatic carbocycles. The largest absolute Gasteiger partial charge is 0.494 e. The number of hydrogen-bond acceptors (Lipinski definition) is 5. The predicted octanol–water partition coefficient (Wildman–Crippen LogP) is 4.34. The molecule has 0 bridgehead atoms. The predicted molar refractivity (Wildman–Crippen MR) is 121 cm³/mol. The number of halogens is 1. The van der Waals surface area contributed by atoms with Crippen molar-refractivity contribution in [1.29, 1.82) is 0 Å². The van der Waals surface area contributed by atoms with Crippen molar-refractivity contribution < 1.29 is 13.9 Å². The molecule has 1 atom stereocenters. The third-order valence-corrected chi connectivity index (χ3v) is 5.65. The van der Waals surface area contributed by atoms with Crippen molar-refractivity contribution in [2.24, 2.45) is 0 Å². The molecular weight excluding hydrogens is 416 g/mol. The van der Waals surface area contributed by atoms with Crippen LogP contribution in [0.5, 0.6) is 5.75 Å². The Morgan fingerprint density at radius 2 is 1.97 bits per heavy atom. The van der Waals surface area contributed by atoms with Crippen LogP contribution in [0.15, 0.2) is 51.7 Å². The minimum Gasteiger partial charge on any atom is -0.494 e. The Labute approximate surface area is 186 Å². The van der Waals surface area contributed by atoms with Crippen LogP contribution < -0.4 is 10.2 Å². The molecule has 1 unspecified atom stereocenters. The van der Waals surface area contributed by atoms with Crippen LogP contribution >= 0.6 is 11.6 Å². The van der Waals surface area contributed by atoms with Gasteiger partial charge in [-0.05, 0) is 63.8 Å². The SMILES string of the molecule is CCOc1ccc2c(=O)c3c(oc2c1)C(=O)N(CCCN(C)C)C3c1cccc(Cl)c1. The highest BCUT2D eigenvalue weighted by Gasteiger charge is 2.42. The molecule has 0 N–H and O–H groups in total. The molecule has 0 saturated carbocycles. The third kappa shape index (κ3) is 4.05. The number of hydrogen-bond donors (Lipinski definition) is 0. The average molecular weight is 441 g/mol. The van der Waals surface area contributed by atoms with Crippen LogP contribution in [0.25, 0.3) is 11.0 Å². The van der Waals surface area contributed by atoms with Crippen LogP contribution in [0.2, 0.25) is 5.02 Å². The molecule has 1 aliphatic rings. The summed E-state index contributed by atoms with van der Waals surface area (Å²) in [5, 5.41) is 0.982. The van der Waals surface area contributed by atoms with Crippen molar-refractivity contribution in [1.82, 2.24) is 9.80 Å². The fraction of sp³-hybridized carbons (Fsp3) is 0.333. The summed E-state index contributed by atoms with van der Waals surface area (Å²) in [7, 11) is 3.98. The van der Waals surface area contributed by atoms with E-state index in [-0.39, 0.29) is 17.1 Å². The maximum Gasteiger partial charge on any atom is 0.290 e. The number of fused-ring (bicyclic) bond motifs is 2. The zero-order chi connectivity index (χ0) is 22.1. The molecule has 31 heavy (non-hydrogen) atoms. The third-order valence-electron chi connectivity index (χ3n) is 5.42. The molecule has 1 amide bonds. The first kappa shape index (κ1) is 21.4. The number of carbonyl (C=O) groups excluding carboxylic acids is 1. The van der Waals surface area contributed by atoms with E-state index >= 15 is 0 Å². The van der Waals surface area contributed by atoms with Crippen LogP contribution in [-0.4, -0.2) is 49.5 Å². The lowest BCUT2D eigenvalue weighted by Gasteiger charge is -2.25. The first-order chi connectivity index (χ1) is 14.9. The first-order valence-corrected chi connectivity index (χ1v) is 10.7. The monoisotopic (exact) mass is 440 g/mol. The summed E-state index contributed by atoms with van der Waals surface area (Å²) in [5.74, 6) is 0.415. The van der Waals surface area contributed by atoms with Gasteiger partial charge in [0.1, 0.15) is 11.3 Å². The number of carbonyl (C=O) groups is 1. The molecule has 0 spiro atoms. The molecule has 162 valence electrons. The molecule has 2 aromatic carbocycles. The molecule has 3 aromatic rings. The van der Waals surface area contributed by atoms with Crippen molar-refractivity contribution in [3.8, 4) is 5.75 Å². The molecule has 6 nitrogen and oxygen atoms in total. The van der Waals surface area contributed by atoms with E-state index in [1.165, 1.54) is 0 Å². The second-order valence-electron chi connectivity index (χ2n) is 7.88. The summed E-state index contributed by atoms with van der Waals surface area (Å²) >= 11 is 6.24. The Morgan fingerprint density at radius 3 is 2.68 bits per heavy atom. The summed E-state index contributed by atoms with van der Waals surface area (Å²) in [6.07, 6.45) is 0.770. The van der Waals surface area contributed by atoms with E-state index < -0.39 is 6.04 Å². The van der Waals surface area contributed by atoms with Crippen molar-refractivity contribution in [3.05, 3.63) is 74.6 Å². The van der Waals surface area contributed by atoms with Crippen molar-refractivity contribution in [3.63, 3.8) is 0 Å². The summed E-state index contributed by atoms with van der Waals surface area (Å²) in [4.78, 5) is 30.7.